The Hall–Kier alpha value is -1.70. The van der Waals surface area contributed by atoms with Crippen LogP contribution in [0.3, 0.4) is 0 Å². The van der Waals surface area contributed by atoms with Crippen LogP contribution in [0.4, 0.5) is 0 Å². The van der Waals surface area contributed by atoms with Crippen molar-refractivity contribution in [3.8, 4) is 0 Å². The molecular formula is C19H22N2O3S2. The Bertz CT molecular complexity index is 915. The van der Waals surface area contributed by atoms with Gasteiger partial charge in [-0.1, -0.05) is 6.92 Å². The van der Waals surface area contributed by atoms with E-state index < -0.39 is 10.0 Å². The monoisotopic (exact) mass is 390 g/mol. The Balaban J connectivity index is 1.55. The van der Waals surface area contributed by atoms with E-state index in [0.717, 1.165) is 25.7 Å². The molecule has 0 bridgehead atoms. The van der Waals surface area contributed by atoms with Crippen molar-refractivity contribution in [2.24, 2.45) is 0 Å². The summed E-state index contributed by atoms with van der Waals surface area (Å²) in [7, 11) is -3.49. The number of thiophene rings is 1. The number of sulfonamides is 1. The molecule has 2 aliphatic rings. The van der Waals surface area contributed by atoms with Crippen molar-refractivity contribution in [1.82, 2.24) is 9.62 Å². The number of carbonyl (C=O) groups excluding carboxylic acids is 1. The third kappa shape index (κ3) is 3.31. The van der Waals surface area contributed by atoms with E-state index in [2.05, 4.69) is 23.1 Å². The summed E-state index contributed by atoms with van der Waals surface area (Å²) in [6, 6.07) is 8.58. The fourth-order valence-corrected chi connectivity index (χ4v) is 5.74. The maximum Gasteiger partial charge on any atom is 0.254 e. The summed E-state index contributed by atoms with van der Waals surface area (Å²) in [6.45, 7) is 2.80. The van der Waals surface area contributed by atoms with Crippen molar-refractivity contribution in [2.45, 2.75) is 49.6 Å². The zero-order valence-corrected chi connectivity index (χ0v) is 16.3. The van der Waals surface area contributed by atoms with E-state index in [1.165, 1.54) is 22.6 Å². The lowest BCUT2D eigenvalue weighted by molar-refractivity contribution is 0.0657. The predicted molar refractivity (Wildman–Crippen MR) is 102 cm³/mol. The number of benzene rings is 1. The molecule has 4 rings (SSSR count). The van der Waals surface area contributed by atoms with Gasteiger partial charge in [0.2, 0.25) is 10.0 Å². The minimum absolute atomic E-state index is 0.0344. The van der Waals surface area contributed by atoms with Crippen LogP contribution in [0, 0.1) is 0 Å². The van der Waals surface area contributed by atoms with Gasteiger partial charge < -0.3 is 4.90 Å². The van der Waals surface area contributed by atoms with Crippen LogP contribution in [0.5, 0.6) is 0 Å². The summed E-state index contributed by atoms with van der Waals surface area (Å²) < 4.78 is 27.2. The third-order valence-corrected chi connectivity index (χ3v) is 7.59. The first-order valence-electron chi connectivity index (χ1n) is 8.99. The van der Waals surface area contributed by atoms with Gasteiger partial charge in [-0.25, -0.2) is 13.1 Å². The molecule has 1 atom stereocenters. The van der Waals surface area contributed by atoms with Gasteiger partial charge >= 0.3 is 0 Å². The molecule has 7 heteroatoms. The highest BCUT2D eigenvalue weighted by Gasteiger charge is 2.31. The molecule has 1 aliphatic heterocycles. The number of hydrogen-bond acceptors (Lipinski definition) is 4. The van der Waals surface area contributed by atoms with Crippen LogP contribution in [-0.4, -0.2) is 31.8 Å². The molecule has 1 amide bonds. The molecule has 1 aromatic heterocycles. The molecule has 0 radical (unpaired) electrons. The topological polar surface area (TPSA) is 66.5 Å². The number of rotatable bonds is 5. The first-order valence-corrected chi connectivity index (χ1v) is 11.4. The Kier molecular flexibility index (Phi) is 4.62. The van der Waals surface area contributed by atoms with Crippen LogP contribution in [0.1, 0.15) is 53.0 Å². The van der Waals surface area contributed by atoms with Crippen molar-refractivity contribution < 1.29 is 13.2 Å². The van der Waals surface area contributed by atoms with Gasteiger partial charge in [0.15, 0.2) is 0 Å². The predicted octanol–water partition coefficient (Wildman–Crippen LogP) is 3.34. The number of carbonyl (C=O) groups is 1. The molecule has 0 unspecified atom stereocenters. The van der Waals surface area contributed by atoms with Crippen molar-refractivity contribution in [3.63, 3.8) is 0 Å². The summed E-state index contributed by atoms with van der Waals surface area (Å²) in [4.78, 5) is 16.5. The molecule has 0 spiro atoms. The number of amides is 1. The number of hydrogen-bond donors (Lipinski definition) is 1. The van der Waals surface area contributed by atoms with Gasteiger partial charge in [-0.3, -0.25) is 4.79 Å². The lowest BCUT2D eigenvalue weighted by atomic mass is 9.97. The molecule has 1 N–H and O–H groups in total. The Morgan fingerprint density at radius 3 is 2.62 bits per heavy atom. The summed E-state index contributed by atoms with van der Waals surface area (Å²) in [5, 5.41) is 2.09. The molecule has 1 aliphatic carbocycles. The van der Waals surface area contributed by atoms with Crippen LogP contribution in [0.15, 0.2) is 40.6 Å². The summed E-state index contributed by atoms with van der Waals surface area (Å²) in [5.74, 6) is -0.0344. The van der Waals surface area contributed by atoms with Crippen LogP contribution < -0.4 is 4.72 Å². The zero-order chi connectivity index (χ0) is 18.3. The van der Waals surface area contributed by atoms with E-state index >= 15 is 0 Å². The van der Waals surface area contributed by atoms with Crippen molar-refractivity contribution in [2.75, 3.05) is 6.54 Å². The Morgan fingerprint density at radius 1 is 1.23 bits per heavy atom. The van der Waals surface area contributed by atoms with Crippen LogP contribution in [0.25, 0.3) is 0 Å². The highest BCUT2D eigenvalue weighted by atomic mass is 32.2. The summed E-state index contributed by atoms with van der Waals surface area (Å²) in [5.41, 5.74) is 1.79. The van der Waals surface area contributed by atoms with Gasteiger partial charge in [-0.05, 0) is 67.0 Å². The summed E-state index contributed by atoms with van der Waals surface area (Å²) >= 11 is 1.76. The lowest BCUT2D eigenvalue weighted by Crippen LogP contribution is -2.39. The number of nitrogens with zero attached hydrogens (tertiary/aromatic N) is 1. The van der Waals surface area contributed by atoms with Crippen molar-refractivity contribution in [1.29, 1.82) is 0 Å². The molecule has 2 heterocycles. The molecule has 5 nitrogen and oxygen atoms in total. The average Bonchev–Trinajstić information content (AvgIpc) is 3.31. The number of fused-ring (bicyclic) bond motifs is 1. The first kappa shape index (κ1) is 17.7. The van der Waals surface area contributed by atoms with E-state index in [1.807, 2.05) is 4.90 Å². The highest BCUT2D eigenvalue weighted by Crippen LogP contribution is 2.36. The van der Waals surface area contributed by atoms with E-state index in [4.69, 9.17) is 0 Å². The number of nitrogens with one attached hydrogen (secondary N) is 1. The van der Waals surface area contributed by atoms with E-state index in [-0.39, 0.29) is 22.9 Å². The Morgan fingerprint density at radius 2 is 1.96 bits per heavy atom. The highest BCUT2D eigenvalue weighted by molar-refractivity contribution is 7.89. The van der Waals surface area contributed by atoms with E-state index in [0.29, 0.717) is 12.1 Å². The minimum Gasteiger partial charge on any atom is -0.331 e. The van der Waals surface area contributed by atoms with Crippen LogP contribution >= 0.6 is 11.3 Å². The van der Waals surface area contributed by atoms with Gasteiger partial charge in [0.05, 0.1) is 10.9 Å². The van der Waals surface area contributed by atoms with Gasteiger partial charge in [0.1, 0.15) is 0 Å². The fraction of sp³-hybridized carbons (Fsp3) is 0.421. The second-order valence-corrected chi connectivity index (χ2v) is 9.61. The maximum absolute atomic E-state index is 13.0. The molecule has 0 saturated heterocycles. The SMILES string of the molecule is CC[C@@H]1c2ccsc2CCN1C(=O)c1ccc(S(=O)(=O)NC2CC2)cc1. The second kappa shape index (κ2) is 6.79. The second-order valence-electron chi connectivity index (χ2n) is 6.89. The average molecular weight is 391 g/mol. The molecule has 26 heavy (non-hydrogen) atoms. The normalized spacial score (nSPS) is 20.0. The minimum atomic E-state index is -3.49. The van der Waals surface area contributed by atoms with Gasteiger partial charge in [-0.15, -0.1) is 11.3 Å². The fourth-order valence-electron chi connectivity index (χ4n) is 3.51. The largest absolute Gasteiger partial charge is 0.331 e. The molecule has 138 valence electrons. The zero-order valence-electron chi connectivity index (χ0n) is 14.6. The van der Waals surface area contributed by atoms with Gasteiger partial charge in [-0.2, -0.15) is 0 Å². The first-order chi connectivity index (χ1) is 12.5. The quantitative estimate of drug-likeness (QED) is 0.851. The van der Waals surface area contributed by atoms with E-state index in [9.17, 15) is 13.2 Å². The lowest BCUT2D eigenvalue weighted by Gasteiger charge is -2.35. The van der Waals surface area contributed by atoms with Crippen molar-refractivity contribution >= 4 is 27.3 Å². The maximum atomic E-state index is 13.0. The van der Waals surface area contributed by atoms with Gasteiger partial charge in [0, 0.05) is 23.0 Å². The molecule has 2 aromatic rings. The Labute approximate surface area is 158 Å². The molecule has 1 aromatic carbocycles. The molecule has 1 saturated carbocycles. The standard InChI is InChI=1S/C19H22N2O3S2/c1-2-17-16-10-12-25-18(16)9-11-21(17)19(22)13-3-7-15(8-4-13)26(23,24)20-14-5-6-14/h3-4,7-8,10,12,14,17,20H,2,5-6,9,11H2,1H3/t17-/m1/s1. The smallest absolute Gasteiger partial charge is 0.254 e. The summed E-state index contributed by atoms with van der Waals surface area (Å²) in [6.07, 6.45) is 3.54. The van der Waals surface area contributed by atoms with Crippen molar-refractivity contribution in [3.05, 3.63) is 51.7 Å². The third-order valence-electron chi connectivity index (χ3n) is 5.05. The van der Waals surface area contributed by atoms with E-state index in [1.54, 1.807) is 23.5 Å². The van der Waals surface area contributed by atoms with Crippen LogP contribution in [0.2, 0.25) is 0 Å². The van der Waals surface area contributed by atoms with Crippen LogP contribution in [-0.2, 0) is 16.4 Å². The van der Waals surface area contributed by atoms with Gasteiger partial charge in [0.25, 0.3) is 5.91 Å². The molecular weight excluding hydrogens is 368 g/mol. The molecule has 1 fully saturated rings.